The Bertz CT molecular complexity index is 438. The molecule has 4 atom stereocenters. The normalized spacial score (nSPS) is 17.6. The molecule has 0 spiro atoms. The van der Waals surface area contributed by atoms with E-state index in [1.54, 1.807) is 0 Å². The summed E-state index contributed by atoms with van der Waals surface area (Å²) < 4.78 is 0. The Labute approximate surface area is 123 Å². The van der Waals surface area contributed by atoms with Crippen LogP contribution in [0, 0.1) is 17.8 Å². The maximum Gasteiger partial charge on any atom is 0.0752 e. The van der Waals surface area contributed by atoms with Crippen LogP contribution < -0.4 is 5.73 Å². The van der Waals surface area contributed by atoms with Crippen LogP contribution in [-0.2, 0) is 0 Å². The molecule has 0 fully saturated rings. The van der Waals surface area contributed by atoms with Crippen molar-refractivity contribution in [2.75, 3.05) is 0 Å². The summed E-state index contributed by atoms with van der Waals surface area (Å²) in [5, 5.41) is 10.3. The van der Waals surface area contributed by atoms with Crippen LogP contribution >= 0.6 is 0 Å². The van der Waals surface area contributed by atoms with Gasteiger partial charge in [0.25, 0.3) is 0 Å². The van der Waals surface area contributed by atoms with Gasteiger partial charge < -0.3 is 10.8 Å². The van der Waals surface area contributed by atoms with Crippen molar-refractivity contribution in [2.24, 2.45) is 23.5 Å². The average molecular weight is 273 g/mol. The van der Waals surface area contributed by atoms with Gasteiger partial charge in [-0.2, -0.15) is 0 Å². The highest BCUT2D eigenvalue weighted by atomic mass is 16.3. The lowest BCUT2D eigenvalue weighted by Crippen LogP contribution is -2.29. The van der Waals surface area contributed by atoms with Crippen LogP contribution in [0.15, 0.2) is 48.7 Å². The van der Waals surface area contributed by atoms with E-state index in [2.05, 4.69) is 27.4 Å². The molecular formula is C18H27NO. The Hall–Kier alpha value is -1.54. The molecule has 1 aromatic rings. The van der Waals surface area contributed by atoms with Gasteiger partial charge in [-0.3, -0.25) is 0 Å². The first kappa shape index (κ1) is 16.5. The maximum absolute atomic E-state index is 10.3. The van der Waals surface area contributed by atoms with Gasteiger partial charge in [0.15, 0.2) is 0 Å². The van der Waals surface area contributed by atoms with E-state index in [4.69, 9.17) is 5.73 Å². The number of aliphatic hydroxyl groups is 1. The Morgan fingerprint density at radius 2 is 1.85 bits per heavy atom. The first-order chi connectivity index (χ1) is 9.47. The molecule has 1 rings (SSSR count). The van der Waals surface area contributed by atoms with E-state index < -0.39 is 6.10 Å². The zero-order valence-corrected chi connectivity index (χ0v) is 12.8. The van der Waals surface area contributed by atoms with Crippen LogP contribution in [0.4, 0.5) is 0 Å². The van der Waals surface area contributed by atoms with E-state index in [1.807, 2.05) is 42.5 Å². The van der Waals surface area contributed by atoms with Crippen molar-refractivity contribution in [1.82, 2.24) is 0 Å². The van der Waals surface area contributed by atoms with Gasteiger partial charge in [0.2, 0.25) is 0 Å². The van der Waals surface area contributed by atoms with Crippen LogP contribution in [0.5, 0.6) is 0 Å². The third kappa shape index (κ3) is 4.53. The molecule has 20 heavy (non-hydrogen) atoms. The Morgan fingerprint density at radius 3 is 2.35 bits per heavy atom. The molecular weight excluding hydrogens is 246 g/mol. The first-order valence-corrected chi connectivity index (χ1v) is 7.33. The number of aliphatic hydroxyl groups excluding tert-OH is 1. The van der Waals surface area contributed by atoms with E-state index in [9.17, 15) is 5.11 Å². The molecule has 0 aromatic heterocycles. The summed E-state index contributed by atoms with van der Waals surface area (Å²) in [7, 11) is 0. The predicted molar refractivity (Wildman–Crippen MR) is 86.9 cm³/mol. The molecule has 2 nitrogen and oxygen atoms in total. The number of hydrogen-bond acceptors (Lipinski definition) is 2. The SMILES string of the molecule is C=C(N)C(CC)[C@H](C)[C@@H](C)[C@H](O)/C=C/c1ccccc1. The van der Waals surface area contributed by atoms with Crippen molar-refractivity contribution in [1.29, 1.82) is 0 Å². The minimum Gasteiger partial charge on any atom is -0.402 e. The van der Waals surface area contributed by atoms with Gasteiger partial charge in [0.05, 0.1) is 6.10 Å². The fourth-order valence-electron chi connectivity index (χ4n) is 2.60. The third-order valence-electron chi connectivity index (χ3n) is 4.20. The summed E-state index contributed by atoms with van der Waals surface area (Å²) >= 11 is 0. The van der Waals surface area contributed by atoms with Gasteiger partial charge in [0.1, 0.15) is 0 Å². The number of nitrogens with two attached hydrogens (primary N) is 1. The Kier molecular flexibility index (Phi) is 6.53. The van der Waals surface area contributed by atoms with Gasteiger partial charge in [-0.05, 0) is 23.8 Å². The second kappa shape index (κ2) is 7.91. The van der Waals surface area contributed by atoms with Crippen molar-refractivity contribution >= 4 is 6.08 Å². The smallest absolute Gasteiger partial charge is 0.0752 e. The molecule has 1 unspecified atom stereocenters. The molecule has 0 bridgehead atoms. The summed E-state index contributed by atoms with van der Waals surface area (Å²) in [6.45, 7) is 10.2. The fourth-order valence-corrected chi connectivity index (χ4v) is 2.60. The number of rotatable bonds is 7. The molecule has 0 heterocycles. The lowest BCUT2D eigenvalue weighted by molar-refractivity contribution is 0.110. The Balaban J connectivity index is 2.69. The zero-order chi connectivity index (χ0) is 15.1. The molecule has 2 heteroatoms. The predicted octanol–water partition coefficient (Wildman–Crippen LogP) is 3.83. The molecule has 110 valence electrons. The summed E-state index contributed by atoms with van der Waals surface area (Å²) in [5.74, 6) is 0.693. The van der Waals surface area contributed by atoms with Gasteiger partial charge in [0, 0.05) is 11.6 Å². The highest BCUT2D eigenvalue weighted by Crippen LogP contribution is 2.29. The molecule has 0 aliphatic heterocycles. The minimum absolute atomic E-state index is 0.139. The molecule has 0 saturated carbocycles. The van der Waals surface area contributed by atoms with Gasteiger partial charge in [-0.15, -0.1) is 0 Å². The van der Waals surface area contributed by atoms with Crippen LogP contribution in [0.25, 0.3) is 6.08 Å². The monoisotopic (exact) mass is 273 g/mol. The lowest BCUT2D eigenvalue weighted by Gasteiger charge is -2.30. The summed E-state index contributed by atoms with van der Waals surface area (Å²) in [6, 6.07) is 10.0. The van der Waals surface area contributed by atoms with Crippen molar-refractivity contribution in [2.45, 2.75) is 33.3 Å². The number of hydrogen-bond donors (Lipinski definition) is 2. The van der Waals surface area contributed by atoms with E-state index in [0.29, 0.717) is 11.6 Å². The van der Waals surface area contributed by atoms with Crippen molar-refractivity contribution < 1.29 is 5.11 Å². The van der Waals surface area contributed by atoms with E-state index in [-0.39, 0.29) is 11.8 Å². The van der Waals surface area contributed by atoms with Crippen LogP contribution in [-0.4, -0.2) is 11.2 Å². The summed E-state index contributed by atoms with van der Waals surface area (Å²) in [6.07, 6.45) is 4.31. The lowest BCUT2D eigenvalue weighted by atomic mass is 9.78. The van der Waals surface area contributed by atoms with Crippen molar-refractivity contribution in [3.05, 3.63) is 54.2 Å². The molecule has 0 radical (unpaired) electrons. The molecule has 0 aliphatic carbocycles. The second-order valence-corrected chi connectivity index (χ2v) is 5.57. The quantitative estimate of drug-likeness (QED) is 0.793. The molecule has 1 aromatic carbocycles. The third-order valence-corrected chi connectivity index (χ3v) is 4.20. The summed E-state index contributed by atoms with van der Waals surface area (Å²) in [5.41, 5.74) is 7.67. The van der Waals surface area contributed by atoms with Crippen LogP contribution in [0.1, 0.15) is 32.8 Å². The molecule has 3 N–H and O–H groups in total. The van der Waals surface area contributed by atoms with Crippen molar-refractivity contribution in [3.63, 3.8) is 0 Å². The zero-order valence-electron chi connectivity index (χ0n) is 12.8. The van der Waals surface area contributed by atoms with Crippen LogP contribution in [0.2, 0.25) is 0 Å². The minimum atomic E-state index is -0.474. The highest BCUT2D eigenvalue weighted by Gasteiger charge is 2.26. The largest absolute Gasteiger partial charge is 0.402 e. The summed E-state index contributed by atoms with van der Waals surface area (Å²) in [4.78, 5) is 0. The second-order valence-electron chi connectivity index (χ2n) is 5.57. The van der Waals surface area contributed by atoms with E-state index in [0.717, 1.165) is 12.0 Å². The molecule has 0 saturated heterocycles. The standard InChI is InChI=1S/C18H27NO/c1-5-17(15(4)19)13(2)14(3)18(20)12-11-16-9-7-6-8-10-16/h6-14,17-18,20H,4-5,19H2,1-3H3/b12-11+/t13-,14-,17?,18-/m1/s1. The topological polar surface area (TPSA) is 46.2 Å². The number of allylic oxidation sites excluding steroid dienone is 1. The van der Waals surface area contributed by atoms with E-state index in [1.165, 1.54) is 0 Å². The fraction of sp³-hybridized carbons (Fsp3) is 0.444. The Morgan fingerprint density at radius 1 is 1.25 bits per heavy atom. The molecule has 0 amide bonds. The van der Waals surface area contributed by atoms with Gasteiger partial charge in [-0.1, -0.05) is 69.8 Å². The van der Waals surface area contributed by atoms with E-state index >= 15 is 0 Å². The average Bonchev–Trinajstić information content (AvgIpc) is 2.45. The highest BCUT2D eigenvalue weighted by molar-refractivity contribution is 5.49. The van der Waals surface area contributed by atoms with Gasteiger partial charge >= 0.3 is 0 Å². The van der Waals surface area contributed by atoms with Crippen molar-refractivity contribution in [3.8, 4) is 0 Å². The number of benzene rings is 1. The maximum atomic E-state index is 10.3. The molecule has 0 aliphatic rings. The van der Waals surface area contributed by atoms with Gasteiger partial charge in [-0.25, -0.2) is 0 Å². The first-order valence-electron chi connectivity index (χ1n) is 7.33. The van der Waals surface area contributed by atoms with Crippen LogP contribution in [0.3, 0.4) is 0 Å².